The molecule has 184 valence electrons. The second kappa shape index (κ2) is 10.9. The van der Waals surface area contributed by atoms with E-state index < -0.39 is 5.82 Å². The largest absolute Gasteiger partial charge is 0.370 e. The molecule has 0 saturated carbocycles. The fourth-order valence-electron chi connectivity index (χ4n) is 4.66. The van der Waals surface area contributed by atoms with Gasteiger partial charge in [0.2, 0.25) is 5.95 Å². The van der Waals surface area contributed by atoms with Gasteiger partial charge in [-0.25, -0.2) is 9.37 Å². The predicted molar refractivity (Wildman–Crippen MR) is 140 cm³/mol. The molecule has 3 aromatic rings. The lowest BCUT2D eigenvalue weighted by Crippen LogP contribution is -2.29. The third-order valence-electron chi connectivity index (χ3n) is 6.42. The number of carbonyl (C=O) groups is 1. The molecule has 1 amide bonds. The first-order valence-electron chi connectivity index (χ1n) is 12.1. The maximum atomic E-state index is 13.7. The Hall–Kier alpha value is -3.45. The number of carbonyl (C=O) groups excluding carboxylic acids is 1. The molecule has 0 bridgehead atoms. The molecule has 1 aromatic heterocycles. The van der Waals surface area contributed by atoms with Crippen LogP contribution >= 0.6 is 0 Å². The summed E-state index contributed by atoms with van der Waals surface area (Å²) in [5.41, 5.74) is 4.21. The number of nitrogens with zero attached hydrogens (tertiary/aromatic N) is 4. The van der Waals surface area contributed by atoms with Crippen molar-refractivity contribution in [3.05, 3.63) is 83.8 Å². The van der Waals surface area contributed by atoms with Crippen molar-refractivity contribution in [1.82, 2.24) is 19.4 Å². The topological polar surface area (TPSA) is 53.4 Å². The third kappa shape index (κ3) is 5.80. The average Bonchev–Trinajstić information content (AvgIpc) is 3.01. The Morgan fingerprint density at radius 3 is 2.83 bits per heavy atom. The molecule has 4 rings (SSSR count). The Morgan fingerprint density at radius 2 is 2.06 bits per heavy atom. The highest BCUT2D eigenvalue weighted by Gasteiger charge is 2.26. The number of benzene rings is 2. The minimum absolute atomic E-state index is 0.102. The molecule has 1 N–H and O–H groups in total. The van der Waals surface area contributed by atoms with Crippen LogP contribution in [0, 0.1) is 12.7 Å². The summed E-state index contributed by atoms with van der Waals surface area (Å²) < 4.78 is 15.9. The normalized spacial score (nSPS) is 16.7. The summed E-state index contributed by atoms with van der Waals surface area (Å²) in [7, 11) is 4.09. The highest BCUT2D eigenvalue weighted by molar-refractivity contribution is 6.04. The number of halogens is 1. The highest BCUT2D eigenvalue weighted by Crippen LogP contribution is 2.32. The van der Waals surface area contributed by atoms with Gasteiger partial charge in [-0.1, -0.05) is 30.9 Å². The molecular weight excluding hydrogens is 441 g/mol. The number of likely N-dealkylation sites (tertiary alicyclic amines) is 1. The van der Waals surface area contributed by atoms with E-state index in [0.29, 0.717) is 5.95 Å². The van der Waals surface area contributed by atoms with E-state index >= 15 is 0 Å². The summed E-state index contributed by atoms with van der Waals surface area (Å²) >= 11 is 0. The van der Waals surface area contributed by atoms with Gasteiger partial charge in [-0.3, -0.25) is 10.1 Å². The lowest BCUT2D eigenvalue weighted by Gasteiger charge is -2.29. The van der Waals surface area contributed by atoms with Gasteiger partial charge in [-0.15, -0.1) is 0 Å². The van der Waals surface area contributed by atoms with Crippen LogP contribution in [-0.2, 0) is 0 Å². The lowest BCUT2D eigenvalue weighted by molar-refractivity contribution is 0.102. The zero-order valence-corrected chi connectivity index (χ0v) is 20.8. The number of allylic oxidation sites excluding steroid dienone is 1. The van der Waals surface area contributed by atoms with Crippen molar-refractivity contribution in [3.8, 4) is 0 Å². The van der Waals surface area contributed by atoms with Crippen molar-refractivity contribution >= 4 is 22.9 Å². The molecule has 1 aliphatic rings. The fraction of sp³-hybridized carbons (Fsp3) is 0.357. The van der Waals surface area contributed by atoms with Gasteiger partial charge in [0.1, 0.15) is 5.82 Å². The number of fused-ring (bicyclic) bond motifs is 1. The first kappa shape index (κ1) is 24.7. The second-order valence-electron chi connectivity index (χ2n) is 9.46. The Bertz CT molecular complexity index is 1250. The van der Waals surface area contributed by atoms with Gasteiger partial charge < -0.3 is 14.4 Å². The Morgan fingerprint density at radius 1 is 1.26 bits per heavy atom. The number of amides is 1. The number of hydrogen-bond donors (Lipinski definition) is 1. The summed E-state index contributed by atoms with van der Waals surface area (Å²) in [5.74, 6) is -0.327. The van der Waals surface area contributed by atoms with Gasteiger partial charge >= 0.3 is 0 Å². The molecule has 0 aliphatic carbocycles. The first-order chi connectivity index (χ1) is 16.8. The second-order valence-corrected chi connectivity index (χ2v) is 9.46. The van der Waals surface area contributed by atoms with E-state index in [9.17, 15) is 9.18 Å². The molecule has 6 nitrogen and oxygen atoms in total. The molecular formula is C28H34FN5O. The lowest BCUT2D eigenvalue weighted by atomic mass is 10.1. The Labute approximate surface area is 206 Å². The summed E-state index contributed by atoms with van der Waals surface area (Å²) in [6, 6.07) is 11.8. The van der Waals surface area contributed by atoms with Crippen molar-refractivity contribution in [2.75, 3.05) is 39.0 Å². The highest BCUT2D eigenvalue weighted by atomic mass is 19.1. The van der Waals surface area contributed by atoms with Crippen molar-refractivity contribution in [2.45, 2.75) is 32.2 Å². The van der Waals surface area contributed by atoms with Crippen LogP contribution in [0.5, 0.6) is 0 Å². The van der Waals surface area contributed by atoms with E-state index in [0.717, 1.165) is 61.2 Å². The van der Waals surface area contributed by atoms with Crippen LogP contribution < -0.4 is 5.32 Å². The molecule has 2 heterocycles. The van der Waals surface area contributed by atoms with Crippen LogP contribution in [0.3, 0.4) is 0 Å². The SMILES string of the molecule is C=C(/C=C/CN(C)C)N1CCCCC(n2c(NC(=O)c3cccc(F)c3)nc3cccc(C)c32)C1. The standard InChI is InChI=1S/C28H34FN5O/c1-20-10-7-15-25-26(20)34(28(30-25)31-27(35)22-12-8-13-23(29)18-22)24-14-5-6-17-33(19-24)21(2)11-9-16-32(3)4/h7-13,15,18,24H,2,5-6,14,16-17,19H2,1,3-4H3,(H,30,31,35)/b11-9+. The van der Waals surface area contributed by atoms with E-state index in [1.165, 1.54) is 18.2 Å². The van der Waals surface area contributed by atoms with Crippen LogP contribution in [0.1, 0.15) is 41.2 Å². The molecule has 1 saturated heterocycles. The van der Waals surface area contributed by atoms with Gasteiger partial charge in [-0.2, -0.15) is 0 Å². The van der Waals surface area contributed by atoms with Gasteiger partial charge in [-0.05, 0) is 76.2 Å². The molecule has 1 unspecified atom stereocenters. The Balaban J connectivity index is 1.68. The van der Waals surface area contributed by atoms with Gasteiger partial charge in [0.15, 0.2) is 0 Å². The van der Waals surface area contributed by atoms with Gasteiger partial charge in [0.05, 0.1) is 17.1 Å². The number of anilines is 1. The maximum Gasteiger partial charge on any atom is 0.258 e. The monoisotopic (exact) mass is 475 g/mol. The van der Waals surface area contributed by atoms with Gasteiger partial charge in [0, 0.05) is 30.9 Å². The average molecular weight is 476 g/mol. The van der Waals surface area contributed by atoms with Crippen LogP contribution in [-0.4, -0.2) is 59.0 Å². The number of rotatable bonds is 7. The van der Waals surface area contributed by atoms with E-state index in [1.54, 1.807) is 6.07 Å². The number of aromatic nitrogens is 2. The summed E-state index contributed by atoms with van der Waals surface area (Å²) in [5, 5.41) is 2.97. The fourth-order valence-corrected chi connectivity index (χ4v) is 4.66. The van der Waals surface area contributed by atoms with Crippen LogP contribution in [0.15, 0.2) is 66.9 Å². The van der Waals surface area contributed by atoms with Gasteiger partial charge in [0.25, 0.3) is 5.91 Å². The van der Waals surface area contributed by atoms with Crippen molar-refractivity contribution in [1.29, 1.82) is 0 Å². The number of para-hydroxylation sites is 1. The minimum atomic E-state index is -0.442. The zero-order chi connectivity index (χ0) is 24.9. The molecule has 1 fully saturated rings. The van der Waals surface area contributed by atoms with E-state index in [1.807, 2.05) is 26.2 Å². The number of aryl methyl sites for hydroxylation is 1. The summed E-state index contributed by atoms with van der Waals surface area (Å²) in [6.07, 6.45) is 7.33. The smallest absolute Gasteiger partial charge is 0.258 e. The molecule has 35 heavy (non-hydrogen) atoms. The van der Waals surface area contributed by atoms with Crippen molar-refractivity contribution < 1.29 is 9.18 Å². The molecule has 1 aliphatic heterocycles. The molecule has 1 atom stereocenters. The molecule has 0 radical (unpaired) electrons. The van der Waals surface area contributed by atoms with Crippen LogP contribution in [0.25, 0.3) is 11.0 Å². The van der Waals surface area contributed by atoms with E-state index in [4.69, 9.17) is 4.98 Å². The summed E-state index contributed by atoms with van der Waals surface area (Å²) in [6.45, 7) is 8.96. The third-order valence-corrected chi connectivity index (χ3v) is 6.42. The maximum absolute atomic E-state index is 13.7. The van der Waals surface area contributed by atoms with E-state index in [2.05, 4.69) is 51.4 Å². The van der Waals surface area contributed by atoms with Crippen molar-refractivity contribution in [3.63, 3.8) is 0 Å². The van der Waals surface area contributed by atoms with Crippen LogP contribution in [0.2, 0.25) is 0 Å². The number of hydrogen-bond acceptors (Lipinski definition) is 4. The summed E-state index contributed by atoms with van der Waals surface area (Å²) in [4.78, 5) is 22.2. The predicted octanol–water partition coefficient (Wildman–Crippen LogP) is 5.39. The molecule has 2 aromatic carbocycles. The van der Waals surface area contributed by atoms with E-state index in [-0.39, 0.29) is 17.5 Å². The quantitative estimate of drug-likeness (QED) is 0.465. The van der Waals surface area contributed by atoms with Crippen LogP contribution in [0.4, 0.5) is 10.3 Å². The number of imidazole rings is 1. The minimum Gasteiger partial charge on any atom is -0.370 e. The van der Waals surface area contributed by atoms with Crippen molar-refractivity contribution in [2.24, 2.45) is 0 Å². The first-order valence-corrected chi connectivity index (χ1v) is 12.1. The Kier molecular flexibility index (Phi) is 7.66. The molecule has 7 heteroatoms. The number of likely N-dealkylation sites (N-methyl/N-ethyl adjacent to an activating group) is 1. The number of nitrogens with one attached hydrogen (secondary N) is 1. The zero-order valence-electron chi connectivity index (χ0n) is 20.8. The molecule has 0 spiro atoms.